The molecule has 0 aliphatic carbocycles. The van der Waals surface area contributed by atoms with Crippen LogP contribution in [0.1, 0.15) is 45.3 Å². The Balaban J connectivity index is 1.91. The van der Waals surface area contributed by atoms with Crippen molar-refractivity contribution in [3.05, 3.63) is 29.8 Å². The van der Waals surface area contributed by atoms with Crippen LogP contribution in [0.15, 0.2) is 24.3 Å². The van der Waals surface area contributed by atoms with Gasteiger partial charge in [0, 0.05) is 18.8 Å². The van der Waals surface area contributed by atoms with E-state index >= 15 is 0 Å². The monoisotopic (exact) mass is 276 g/mol. The Hall–Kier alpha value is -1.55. The van der Waals surface area contributed by atoms with Gasteiger partial charge in [-0.2, -0.15) is 0 Å². The number of hydrogen-bond donors (Lipinski definition) is 2. The highest BCUT2D eigenvalue weighted by molar-refractivity contribution is 5.89. The summed E-state index contributed by atoms with van der Waals surface area (Å²) in [4.78, 5) is 14.0. The molecule has 1 aromatic carbocycles. The minimum atomic E-state index is -0.482. The first kappa shape index (κ1) is 14.9. The van der Waals surface area contributed by atoms with E-state index in [4.69, 9.17) is 0 Å². The van der Waals surface area contributed by atoms with Crippen molar-refractivity contribution in [3.63, 3.8) is 0 Å². The van der Waals surface area contributed by atoms with Gasteiger partial charge in [0.2, 0.25) is 0 Å². The van der Waals surface area contributed by atoms with Gasteiger partial charge in [-0.25, -0.2) is 4.79 Å². The second kappa shape index (κ2) is 5.83. The Labute approximate surface area is 120 Å². The number of amides is 2. The van der Waals surface area contributed by atoms with Crippen LogP contribution >= 0.6 is 0 Å². The summed E-state index contributed by atoms with van der Waals surface area (Å²) in [5.41, 5.74) is 1.96. The molecule has 1 atom stereocenters. The van der Waals surface area contributed by atoms with E-state index < -0.39 is 6.10 Å². The van der Waals surface area contributed by atoms with Crippen LogP contribution in [0.3, 0.4) is 0 Å². The molecule has 1 aromatic rings. The van der Waals surface area contributed by atoms with E-state index in [0.29, 0.717) is 5.41 Å². The summed E-state index contributed by atoms with van der Waals surface area (Å²) < 4.78 is 0. The molecule has 0 aromatic heterocycles. The molecule has 0 radical (unpaired) electrons. The summed E-state index contributed by atoms with van der Waals surface area (Å²) in [6, 6.07) is 7.28. The minimum absolute atomic E-state index is 0.0368. The number of urea groups is 1. The molecule has 110 valence electrons. The highest BCUT2D eigenvalue weighted by Crippen LogP contribution is 2.29. The van der Waals surface area contributed by atoms with Crippen molar-refractivity contribution in [1.29, 1.82) is 0 Å². The molecule has 1 fully saturated rings. The number of rotatable bonds is 2. The molecule has 4 nitrogen and oxygen atoms in total. The molecule has 1 aliphatic rings. The molecule has 2 N–H and O–H groups in total. The van der Waals surface area contributed by atoms with Crippen LogP contribution in [0.2, 0.25) is 0 Å². The number of carbonyl (C=O) groups is 1. The first-order valence-corrected chi connectivity index (χ1v) is 7.21. The average molecular weight is 276 g/mol. The van der Waals surface area contributed by atoms with Gasteiger partial charge in [0.1, 0.15) is 0 Å². The van der Waals surface area contributed by atoms with Crippen LogP contribution in [0, 0.1) is 5.41 Å². The largest absolute Gasteiger partial charge is 0.389 e. The van der Waals surface area contributed by atoms with Crippen molar-refractivity contribution in [3.8, 4) is 0 Å². The summed E-state index contributed by atoms with van der Waals surface area (Å²) >= 11 is 0. The Morgan fingerprint density at radius 1 is 1.25 bits per heavy atom. The van der Waals surface area contributed by atoms with Gasteiger partial charge in [0.05, 0.1) is 6.10 Å². The fraction of sp³-hybridized carbons (Fsp3) is 0.562. The topological polar surface area (TPSA) is 52.6 Å². The van der Waals surface area contributed by atoms with Gasteiger partial charge >= 0.3 is 6.03 Å². The second-order valence-electron chi connectivity index (χ2n) is 6.38. The number of hydrogen-bond acceptors (Lipinski definition) is 2. The van der Waals surface area contributed by atoms with Gasteiger partial charge in [-0.05, 0) is 42.9 Å². The molecule has 1 saturated heterocycles. The van der Waals surface area contributed by atoms with Crippen molar-refractivity contribution in [2.24, 2.45) is 5.41 Å². The third kappa shape index (κ3) is 3.73. The molecule has 1 unspecified atom stereocenters. The number of piperidine rings is 1. The van der Waals surface area contributed by atoms with Gasteiger partial charge in [0.15, 0.2) is 0 Å². The lowest BCUT2D eigenvalue weighted by Gasteiger charge is -2.36. The number of aliphatic hydroxyl groups excluding tert-OH is 1. The maximum Gasteiger partial charge on any atom is 0.321 e. The van der Waals surface area contributed by atoms with Gasteiger partial charge in [-0.15, -0.1) is 0 Å². The number of nitrogens with zero attached hydrogens (tertiary/aromatic N) is 1. The predicted octanol–water partition coefficient (Wildman–Crippen LogP) is 3.39. The van der Waals surface area contributed by atoms with Crippen molar-refractivity contribution >= 4 is 11.7 Å². The Kier molecular flexibility index (Phi) is 4.33. The molecule has 0 saturated carbocycles. The van der Waals surface area contributed by atoms with E-state index in [2.05, 4.69) is 19.2 Å². The second-order valence-corrected chi connectivity index (χ2v) is 6.38. The third-order valence-corrected chi connectivity index (χ3v) is 4.05. The van der Waals surface area contributed by atoms with Gasteiger partial charge in [-0.3, -0.25) is 0 Å². The molecule has 2 rings (SSSR count). The Bertz CT molecular complexity index is 456. The lowest BCUT2D eigenvalue weighted by Crippen LogP contribution is -2.43. The minimum Gasteiger partial charge on any atom is -0.389 e. The van der Waals surface area contributed by atoms with Gasteiger partial charge in [-0.1, -0.05) is 26.0 Å². The quantitative estimate of drug-likeness (QED) is 0.870. The highest BCUT2D eigenvalue weighted by atomic mass is 16.3. The number of carbonyl (C=O) groups excluding carboxylic acids is 1. The zero-order chi connectivity index (χ0) is 14.8. The van der Waals surface area contributed by atoms with Crippen LogP contribution in [0.4, 0.5) is 10.5 Å². The number of likely N-dealkylation sites (tertiary alicyclic amines) is 1. The van der Waals surface area contributed by atoms with Crippen LogP contribution in [0.25, 0.3) is 0 Å². The van der Waals surface area contributed by atoms with Crippen molar-refractivity contribution in [2.75, 3.05) is 18.4 Å². The van der Waals surface area contributed by atoms with Crippen molar-refractivity contribution < 1.29 is 9.90 Å². The molecule has 0 spiro atoms. The fourth-order valence-electron chi connectivity index (χ4n) is 2.36. The molecular weight excluding hydrogens is 252 g/mol. The summed E-state index contributed by atoms with van der Waals surface area (Å²) in [6.45, 7) is 7.84. The zero-order valence-corrected chi connectivity index (χ0v) is 12.5. The predicted molar refractivity (Wildman–Crippen MR) is 80.7 cm³/mol. The molecule has 2 amide bonds. The third-order valence-electron chi connectivity index (χ3n) is 4.05. The van der Waals surface area contributed by atoms with Crippen molar-refractivity contribution in [2.45, 2.75) is 39.7 Å². The van der Waals surface area contributed by atoms with Crippen LogP contribution in [-0.2, 0) is 0 Å². The Morgan fingerprint density at radius 2 is 1.80 bits per heavy atom. The maximum atomic E-state index is 12.2. The van der Waals surface area contributed by atoms with E-state index in [-0.39, 0.29) is 6.03 Å². The molecule has 4 heteroatoms. The number of nitrogens with one attached hydrogen (secondary N) is 1. The summed E-state index contributed by atoms with van der Waals surface area (Å²) in [7, 11) is 0. The SMILES string of the molecule is CC(O)c1ccc(NC(=O)N2CCC(C)(C)CC2)cc1. The lowest BCUT2D eigenvalue weighted by atomic mass is 9.83. The standard InChI is InChI=1S/C16H24N2O2/c1-12(19)13-4-6-14(7-5-13)17-15(20)18-10-8-16(2,3)9-11-18/h4-7,12,19H,8-11H2,1-3H3,(H,17,20). The Morgan fingerprint density at radius 3 is 2.30 bits per heavy atom. The highest BCUT2D eigenvalue weighted by Gasteiger charge is 2.27. The first-order chi connectivity index (χ1) is 9.37. The summed E-state index contributed by atoms with van der Waals surface area (Å²) in [5, 5.41) is 12.4. The van der Waals surface area contributed by atoms with Gasteiger partial charge < -0.3 is 15.3 Å². The summed E-state index contributed by atoms with van der Waals surface area (Å²) in [6.07, 6.45) is 1.60. The molecular formula is C16H24N2O2. The van der Waals surface area contributed by atoms with Crippen LogP contribution < -0.4 is 5.32 Å². The molecule has 1 aliphatic heterocycles. The van der Waals surface area contributed by atoms with E-state index in [1.54, 1.807) is 6.92 Å². The summed E-state index contributed by atoms with van der Waals surface area (Å²) in [5.74, 6) is 0. The number of aliphatic hydroxyl groups is 1. The maximum absolute atomic E-state index is 12.2. The van der Waals surface area contributed by atoms with Crippen LogP contribution in [-0.4, -0.2) is 29.1 Å². The van der Waals surface area contributed by atoms with E-state index in [1.165, 1.54) is 0 Å². The normalized spacial score (nSPS) is 19.5. The number of benzene rings is 1. The smallest absolute Gasteiger partial charge is 0.321 e. The zero-order valence-electron chi connectivity index (χ0n) is 12.5. The van der Waals surface area contributed by atoms with E-state index in [1.807, 2.05) is 29.2 Å². The average Bonchev–Trinajstić information content (AvgIpc) is 2.39. The van der Waals surface area contributed by atoms with Crippen molar-refractivity contribution in [1.82, 2.24) is 4.90 Å². The van der Waals surface area contributed by atoms with Gasteiger partial charge in [0.25, 0.3) is 0 Å². The first-order valence-electron chi connectivity index (χ1n) is 7.21. The lowest BCUT2D eigenvalue weighted by molar-refractivity contribution is 0.149. The molecule has 1 heterocycles. The van der Waals surface area contributed by atoms with Crippen LogP contribution in [0.5, 0.6) is 0 Å². The molecule has 20 heavy (non-hydrogen) atoms. The molecule has 0 bridgehead atoms. The fourth-order valence-corrected chi connectivity index (χ4v) is 2.36. The number of anilines is 1. The van der Waals surface area contributed by atoms with E-state index in [0.717, 1.165) is 37.2 Å². The van der Waals surface area contributed by atoms with E-state index in [9.17, 15) is 9.90 Å².